The Kier molecular flexibility index (Phi) is 5.50. The molecule has 1 fully saturated rings. The highest BCUT2D eigenvalue weighted by Gasteiger charge is 2.29. The van der Waals surface area contributed by atoms with E-state index in [4.69, 9.17) is 0 Å². The summed E-state index contributed by atoms with van der Waals surface area (Å²) < 4.78 is 2.03. The molecule has 33 heavy (non-hydrogen) atoms. The average molecular weight is 439 g/mol. The first-order valence-corrected chi connectivity index (χ1v) is 11.3. The number of carbonyl (C=O) groups excluding carboxylic acids is 2. The molecule has 5 rings (SSSR count). The van der Waals surface area contributed by atoms with Gasteiger partial charge in [0.25, 0.3) is 5.91 Å². The van der Waals surface area contributed by atoms with Gasteiger partial charge >= 0.3 is 0 Å². The number of ketones is 1. The molecule has 0 N–H and O–H groups in total. The van der Waals surface area contributed by atoms with Crippen molar-refractivity contribution >= 4 is 17.3 Å². The van der Waals surface area contributed by atoms with Crippen LogP contribution in [0.1, 0.15) is 62.0 Å². The molecule has 1 aliphatic rings. The quantitative estimate of drug-likeness (QED) is 0.437. The molecular weight excluding hydrogens is 412 g/mol. The van der Waals surface area contributed by atoms with Gasteiger partial charge in [-0.3, -0.25) is 14.0 Å². The molecule has 0 aliphatic carbocycles. The van der Waals surface area contributed by atoms with Crippen LogP contribution in [-0.2, 0) is 0 Å². The molecule has 1 amide bonds. The van der Waals surface area contributed by atoms with Gasteiger partial charge in [-0.05, 0) is 62.1 Å². The highest BCUT2D eigenvalue weighted by atomic mass is 16.2. The lowest BCUT2D eigenvalue weighted by molar-refractivity contribution is 0.0707. The number of hydrogen-bond donors (Lipinski definition) is 0. The number of amides is 1. The SMILES string of the molecule is Cc1ccc(C(=O)c2ccccc2C(=O)N2CCC(c3nnc4ccccn34)CC2)cc1C. The Morgan fingerprint density at radius 2 is 1.58 bits per heavy atom. The summed E-state index contributed by atoms with van der Waals surface area (Å²) in [6, 6.07) is 18.7. The van der Waals surface area contributed by atoms with Crippen LogP contribution in [0.15, 0.2) is 66.9 Å². The number of aromatic nitrogens is 3. The van der Waals surface area contributed by atoms with Gasteiger partial charge in [0.15, 0.2) is 11.4 Å². The molecule has 166 valence electrons. The van der Waals surface area contributed by atoms with Crippen molar-refractivity contribution in [1.82, 2.24) is 19.5 Å². The molecular formula is C27H26N4O2. The highest BCUT2D eigenvalue weighted by Crippen LogP contribution is 2.28. The van der Waals surface area contributed by atoms with Crippen molar-refractivity contribution < 1.29 is 9.59 Å². The number of nitrogens with zero attached hydrogens (tertiary/aromatic N) is 4. The first-order valence-electron chi connectivity index (χ1n) is 11.3. The van der Waals surface area contributed by atoms with Gasteiger partial charge < -0.3 is 4.90 Å². The van der Waals surface area contributed by atoms with E-state index in [0.717, 1.165) is 35.4 Å². The van der Waals surface area contributed by atoms with Crippen LogP contribution in [0.25, 0.3) is 5.65 Å². The molecule has 0 spiro atoms. The molecule has 0 bridgehead atoms. The molecule has 3 heterocycles. The van der Waals surface area contributed by atoms with Gasteiger partial charge in [-0.2, -0.15) is 0 Å². The van der Waals surface area contributed by atoms with Crippen molar-refractivity contribution in [3.63, 3.8) is 0 Å². The Morgan fingerprint density at radius 1 is 0.848 bits per heavy atom. The molecule has 0 saturated carbocycles. The van der Waals surface area contributed by atoms with E-state index < -0.39 is 0 Å². The Labute approximate surface area is 192 Å². The van der Waals surface area contributed by atoms with Crippen LogP contribution in [0.5, 0.6) is 0 Å². The zero-order chi connectivity index (χ0) is 22.9. The van der Waals surface area contributed by atoms with E-state index in [9.17, 15) is 9.59 Å². The van der Waals surface area contributed by atoms with E-state index in [0.29, 0.717) is 29.8 Å². The standard InChI is InChI=1S/C27H26N4O2/c1-18-10-11-21(17-19(18)2)25(32)22-7-3-4-8-23(22)27(33)30-15-12-20(13-16-30)26-29-28-24-9-5-6-14-31(24)26/h3-11,14,17,20H,12-13,15-16H2,1-2H3. The predicted molar refractivity (Wildman–Crippen MR) is 127 cm³/mol. The molecule has 0 unspecified atom stereocenters. The summed E-state index contributed by atoms with van der Waals surface area (Å²) in [5.74, 6) is 0.987. The number of benzene rings is 2. The molecule has 1 aliphatic heterocycles. The zero-order valence-corrected chi connectivity index (χ0v) is 18.9. The van der Waals surface area contributed by atoms with Gasteiger partial charge in [0.2, 0.25) is 0 Å². The number of piperidine rings is 1. The summed E-state index contributed by atoms with van der Waals surface area (Å²) in [5.41, 5.74) is 4.57. The zero-order valence-electron chi connectivity index (χ0n) is 18.9. The van der Waals surface area contributed by atoms with E-state index in [1.54, 1.807) is 12.1 Å². The number of likely N-dealkylation sites (tertiary alicyclic amines) is 1. The molecule has 1 saturated heterocycles. The fourth-order valence-corrected chi connectivity index (χ4v) is 4.56. The third-order valence-corrected chi connectivity index (χ3v) is 6.66. The molecule has 2 aromatic carbocycles. The minimum atomic E-state index is -0.119. The maximum absolute atomic E-state index is 13.4. The van der Waals surface area contributed by atoms with Gasteiger partial charge in [-0.15, -0.1) is 10.2 Å². The number of aryl methyl sites for hydroxylation is 2. The summed E-state index contributed by atoms with van der Waals surface area (Å²) >= 11 is 0. The van der Waals surface area contributed by atoms with Crippen LogP contribution in [0.2, 0.25) is 0 Å². The Morgan fingerprint density at radius 3 is 2.33 bits per heavy atom. The number of hydrogen-bond acceptors (Lipinski definition) is 4. The van der Waals surface area contributed by atoms with Gasteiger partial charge in [-0.1, -0.05) is 36.4 Å². The van der Waals surface area contributed by atoms with Crippen molar-refractivity contribution in [3.8, 4) is 0 Å². The van der Waals surface area contributed by atoms with Crippen LogP contribution in [0, 0.1) is 13.8 Å². The maximum atomic E-state index is 13.4. The van der Waals surface area contributed by atoms with E-state index in [-0.39, 0.29) is 17.6 Å². The monoisotopic (exact) mass is 438 g/mol. The summed E-state index contributed by atoms with van der Waals surface area (Å²) in [4.78, 5) is 28.5. The molecule has 0 atom stereocenters. The first-order chi connectivity index (χ1) is 16.0. The van der Waals surface area contributed by atoms with Crippen LogP contribution < -0.4 is 0 Å². The summed E-state index contributed by atoms with van der Waals surface area (Å²) in [6.07, 6.45) is 3.61. The first kappa shape index (κ1) is 21.1. The number of carbonyl (C=O) groups is 2. The van der Waals surface area contributed by atoms with Gasteiger partial charge in [0.05, 0.1) is 5.56 Å². The fourth-order valence-electron chi connectivity index (χ4n) is 4.56. The van der Waals surface area contributed by atoms with Crippen molar-refractivity contribution in [1.29, 1.82) is 0 Å². The van der Waals surface area contributed by atoms with E-state index in [1.165, 1.54) is 0 Å². The minimum absolute atomic E-state index is 0.0904. The fraction of sp³-hybridized carbons (Fsp3) is 0.259. The summed E-state index contributed by atoms with van der Waals surface area (Å²) in [5, 5.41) is 8.66. The van der Waals surface area contributed by atoms with Crippen LogP contribution >= 0.6 is 0 Å². The highest BCUT2D eigenvalue weighted by molar-refractivity contribution is 6.15. The molecule has 2 aromatic heterocycles. The van der Waals surface area contributed by atoms with Crippen molar-refractivity contribution in [3.05, 3.63) is 101 Å². The molecule has 4 aromatic rings. The Hall–Kier alpha value is -3.80. The Balaban J connectivity index is 1.34. The van der Waals surface area contributed by atoms with E-state index in [1.807, 2.05) is 77.9 Å². The third-order valence-electron chi connectivity index (χ3n) is 6.66. The largest absolute Gasteiger partial charge is 0.339 e. The van der Waals surface area contributed by atoms with Crippen molar-refractivity contribution in [2.24, 2.45) is 0 Å². The summed E-state index contributed by atoms with van der Waals surface area (Å²) in [6.45, 7) is 5.26. The predicted octanol–water partition coefficient (Wildman–Crippen LogP) is 4.60. The van der Waals surface area contributed by atoms with Crippen molar-refractivity contribution in [2.45, 2.75) is 32.6 Å². The molecule has 0 radical (unpaired) electrons. The van der Waals surface area contributed by atoms with Gasteiger partial charge in [0, 0.05) is 36.3 Å². The smallest absolute Gasteiger partial charge is 0.254 e. The van der Waals surface area contributed by atoms with Gasteiger partial charge in [-0.25, -0.2) is 0 Å². The second-order valence-corrected chi connectivity index (χ2v) is 8.73. The number of fused-ring (bicyclic) bond motifs is 1. The number of rotatable bonds is 4. The topological polar surface area (TPSA) is 67.6 Å². The van der Waals surface area contributed by atoms with Gasteiger partial charge in [0.1, 0.15) is 5.82 Å². The lowest BCUT2D eigenvalue weighted by Crippen LogP contribution is -2.38. The lowest BCUT2D eigenvalue weighted by Gasteiger charge is -2.31. The second-order valence-electron chi connectivity index (χ2n) is 8.73. The van der Waals surface area contributed by atoms with Crippen LogP contribution in [0.4, 0.5) is 0 Å². The second kappa shape index (κ2) is 8.62. The molecule has 6 heteroatoms. The lowest BCUT2D eigenvalue weighted by atomic mass is 9.93. The molecule has 6 nitrogen and oxygen atoms in total. The average Bonchev–Trinajstić information content (AvgIpc) is 3.29. The minimum Gasteiger partial charge on any atom is -0.339 e. The van der Waals surface area contributed by atoms with E-state index >= 15 is 0 Å². The summed E-state index contributed by atoms with van der Waals surface area (Å²) in [7, 11) is 0. The maximum Gasteiger partial charge on any atom is 0.254 e. The number of pyridine rings is 1. The van der Waals surface area contributed by atoms with Crippen LogP contribution in [0.3, 0.4) is 0 Å². The third kappa shape index (κ3) is 3.93. The van der Waals surface area contributed by atoms with Crippen LogP contribution in [-0.4, -0.2) is 44.3 Å². The van der Waals surface area contributed by atoms with Crippen molar-refractivity contribution in [2.75, 3.05) is 13.1 Å². The van der Waals surface area contributed by atoms with E-state index in [2.05, 4.69) is 10.2 Å². The Bertz CT molecular complexity index is 1350. The normalized spacial score (nSPS) is 14.5.